The molecule has 144 valence electrons. The minimum Gasteiger partial charge on any atom is -0.342 e. The molecule has 7 heteroatoms. The molecule has 1 aromatic carbocycles. The number of benzene rings is 1. The summed E-state index contributed by atoms with van der Waals surface area (Å²) in [6.45, 7) is 5.87. The smallest absolute Gasteiger partial charge is 0.236 e. The molecule has 1 unspecified atom stereocenters. The van der Waals surface area contributed by atoms with E-state index >= 15 is 0 Å². The molecule has 2 aromatic rings. The van der Waals surface area contributed by atoms with Gasteiger partial charge in [0.2, 0.25) is 11.8 Å². The van der Waals surface area contributed by atoms with Crippen molar-refractivity contribution in [2.24, 2.45) is 5.92 Å². The fourth-order valence-electron chi connectivity index (χ4n) is 3.21. The fourth-order valence-corrected chi connectivity index (χ4v) is 4.78. The van der Waals surface area contributed by atoms with Gasteiger partial charge in [0.25, 0.3) is 0 Å². The lowest BCUT2D eigenvalue weighted by Crippen LogP contribution is -2.40. The minimum atomic E-state index is -0.117. The first-order valence-corrected chi connectivity index (χ1v) is 11.2. The van der Waals surface area contributed by atoms with Crippen molar-refractivity contribution in [3.8, 4) is 11.3 Å². The van der Waals surface area contributed by atoms with Crippen molar-refractivity contribution in [2.45, 2.75) is 26.7 Å². The van der Waals surface area contributed by atoms with Gasteiger partial charge in [-0.15, -0.1) is 23.1 Å². The van der Waals surface area contributed by atoms with Crippen molar-refractivity contribution in [1.82, 2.24) is 9.88 Å². The van der Waals surface area contributed by atoms with E-state index in [0.717, 1.165) is 35.6 Å². The number of hydrogen-bond donors (Lipinski definition) is 1. The Morgan fingerprint density at radius 2 is 2.07 bits per heavy atom. The molecule has 0 aliphatic carbocycles. The van der Waals surface area contributed by atoms with Crippen molar-refractivity contribution in [3.05, 3.63) is 35.2 Å². The number of nitrogens with zero attached hydrogens (tertiary/aromatic N) is 2. The van der Waals surface area contributed by atoms with E-state index < -0.39 is 0 Å². The van der Waals surface area contributed by atoms with Crippen LogP contribution in [0.25, 0.3) is 11.3 Å². The van der Waals surface area contributed by atoms with Crippen molar-refractivity contribution in [1.29, 1.82) is 0 Å². The second-order valence-electron chi connectivity index (χ2n) is 6.92. The van der Waals surface area contributed by atoms with Gasteiger partial charge in [-0.05, 0) is 25.7 Å². The van der Waals surface area contributed by atoms with E-state index in [1.165, 1.54) is 29.5 Å². The van der Waals surface area contributed by atoms with Crippen molar-refractivity contribution < 1.29 is 9.59 Å². The first kappa shape index (κ1) is 19.9. The molecular weight excluding hydrogens is 378 g/mol. The SMILES string of the molecule is Cc1sc(NC(=O)CSCC(=O)N2CCCC(C)C2)nc1-c1ccccc1. The van der Waals surface area contributed by atoms with Crippen molar-refractivity contribution in [2.75, 3.05) is 29.9 Å². The van der Waals surface area contributed by atoms with Crippen molar-refractivity contribution in [3.63, 3.8) is 0 Å². The van der Waals surface area contributed by atoms with Crippen LogP contribution in [0.5, 0.6) is 0 Å². The van der Waals surface area contributed by atoms with Crippen LogP contribution in [0, 0.1) is 12.8 Å². The third kappa shape index (κ3) is 5.56. The van der Waals surface area contributed by atoms with Gasteiger partial charge in [0.15, 0.2) is 5.13 Å². The van der Waals surface area contributed by atoms with Gasteiger partial charge in [0.1, 0.15) is 0 Å². The van der Waals surface area contributed by atoms with Crippen LogP contribution in [-0.2, 0) is 9.59 Å². The van der Waals surface area contributed by atoms with E-state index in [9.17, 15) is 9.59 Å². The normalized spacial score (nSPS) is 17.0. The van der Waals surface area contributed by atoms with Crippen molar-refractivity contribution >= 4 is 40.0 Å². The maximum absolute atomic E-state index is 12.3. The van der Waals surface area contributed by atoms with E-state index in [1.54, 1.807) is 0 Å². The van der Waals surface area contributed by atoms with Crippen LogP contribution in [0.3, 0.4) is 0 Å². The second-order valence-corrected chi connectivity index (χ2v) is 9.11. The first-order valence-electron chi connectivity index (χ1n) is 9.21. The average molecular weight is 404 g/mol. The van der Waals surface area contributed by atoms with Crippen LogP contribution in [0.15, 0.2) is 30.3 Å². The Morgan fingerprint density at radius 1 is 1.30 bits per heavy atom. The Morgan fingerprint density at radius 3 is 2.81 bits per heavy atom. The molecule has 0 bridgehead atoms. The number of rotatable bonds is 6. The molecule has 2 amide bonds. The number of thiazole rings is 1. The maximum Gasteiger partial charge on any atom is 0.236 e. The molecule has 1 fully saturated rings. The lowest BCUT2D eigenvalue weighted by molar-refractivity contribution is -0.130. The lowest BCUT2D eigenvalue weighted by atomic mass is 10.0. The number of thioether (sulfide) groups is 1. The van der Waals surface area contributed by atoms with Gasteiger partial charge in [0, 0.05) is 23.5 Å². The summed E-state index contributed by atoms with van der Waals surface area (Å²) in [6, 6.07) is 9.94. The van der Waals surface area contributed by atoms with E-state index in [0.29, 0.717) is 16.8 Å². The van der Waals surface area contributed by atoms with Gasteiger partial charge in [0.05, 0.1) is 17.2 Å². The fraction of sp³-hybridized carbons (Fsp3) is 0.450. The first-order chi connectivity index (χ1) is 13.0. The number of amides is 2. The Kier molecular flexibility index (Phi) is 6.90. The van der Waals surface area contributed by atoms with E-state index in [-0.39, 0.29) is 17.6 Å². The summed E-state index contributed by atoms with van der Waals surface area (Å²) in [4.78, 5) is 32.0. The third-order valence-electron chi connectivity index (χ3n) is 4.56. The Labute approximate surface area is 168 Å². The molecular formula is C20H25N3O2S2. The Bertz CT molecular complexity index is 792. The van der Waals surface area contributed by atoms with Crippen LogP contribution >= 0.6 is 23.1 Å². The second kappa shape index (κ2) is 9.37. The molecule has 2 heterocycles. The molecule has 1 aliphatic rings. The average Bonchev–Trinajstić information content (AvgIpc) is 3.02. The molecule has 0 saturated carbocycles. The molecule has 0 radical (unpaired) electrons. The topological polar surface area (TPSA) is 62.3 Å². The number of aromatic nitrogens is 1. The van der Waals surface area contributed by atoms with Crippen LogP contribution < -0.4 is 5.32 Å². The Balaban J connectivity index is 1.46. The van der Waals surface area contributed by atoms with E-state index in [4.69, 9.17) is 0 Å². The van der Waals surface area contributed by atoms with Gasteiger partial charge < -0.3 is 10.2 Å². The molecule has 0 spiro atoms. The predicted molar refractivity (Wildman–Crippen MR) is 113 cm³/mol. The van der Waals surface area contributed by atoms with Crippen LogP contribution in [0.1, 0.15) is 24.6 Å². The number of piperidine rings is 1. The molecule has 1 aliphatic heterocycles. The number of aryl methyl sites for hydroxylation is 1. The number of likely N-dealkylation sites (tertiary alicyclic amines) is 1. The molecule has 1 saturated heterocycles. The molecule has 1 atom stereocenters. The van der Waals surface area contributed by atoms with Crippen LogP contribution in [-0.4, -0.2) is 46.3 Å². The number of hydrogen-bond acceptors (Lipinski definition) is 5. The summed E-state index contributed by atoms with van der Waals surface area (Å²) in [5.41, 5.74) is 1.94. The molecule has 3 rings (SSSR count). The highest BCUT2D eigenvalue weighted by molar-refractivity contribution is 8.00. The minimum absolute atomic E-state index is 0.117. The zero-order chi connectivity index (χ0) is 19.2. The van der Waals surface area contributed by atoms with Crippen LogP contribution in [0.2, 0.25) is 0 Å². The summed E-state index contributed by atoms with van der Waals surface area (Å²) in [5.74, 6) is 1.20. The summed E-state index contributed by atoms with van der Waals surface area (Å²) < 4.78 is 0. The van der Waals surface area contributed by atoms with Gasteiger partial charge in [-0.2, -0.15) is 0 Å². The standard InChI is InChI=1S/C20H25N3O2S2/c1-14-7-6-10-23(11-14)18(25)13-26-12-17(24)21-20-22-19(15(2)27-20)16-8-4-3-5-9-16/h3-5,8-9,14H,6-7,10-13H2,1-2H3,(H,21,22,24). The third-order valence-corrected chi connectivity index (χ3v) is 6.36. The summed E-state index contributed by atoms with van der Waals surface area (Å²) in [6.07, 6.45) is 2.27. The van der Waals surface area contributed by atoms with Crippen LogP contribution in [0.4, 0.5) is 5.13 Å². The summed E-state index contributed by atoms with van der Waals surface area (Å²) in [7, 11) is 0. The highest BCUT2D eigenvalue weighted by Gasteiger charge is 2.21. The zero-order valence-electron chi connectivity index (χ0n) is 15.7. The number of anilines is 1. The molecule has 1 aromatic heterocycles. The largest absolute Gasteiger partial charge is 0.342 e. The van der Waals surface area contributed by atoms with E-state index in [2.05, 4.69) is 17.2 Å². The van der Waals surface area contributed by atoms with Gasteiger partial charge in [-0.1, -0.05) is 37.3 Å². The van der Waals surface area contributed by atoms with E-state index in [1.807, 2.05) is 42.2 Å². The van der Waals surface area contributed by atoms with Gasteiger partial charge in [-0.3, -0.25) is 9.59 Å². The number of carbonyl (C=O) groups is 2. The number of nitrogens with one attached hydrogen (secondary N) is 1. The number of carbonyl (C=O) groups excluding carboxylic acids is 2. The van der Waals surface area contributed by atoms with Gasteiger partial charge >= 0.3 is 0 Å². The van der Waals surface area contributed by atoms with Gasteiger partial charge in [-0.25, -0.2) is 4.98 Å². The lowest BCUT2D eigenvalue weighted by Gasteiger charge is -2.30. The molecule has 1 N–H and O–H groups in total. The maximum atomic E-state index is 12.3. The Hall–Kier alpha value is -1.86. The molecule has 5 nitrogen and oxygen atoms in total. The predicted octanol–water partition coefficient (Wildman–Crippen LogP) is 4.05. The monoisotopic (exact) mass is 403 g/mol. The quantitative estimate of drug-likeness (QED) is 0.790. The highest BCUT2D eigenvalue weighted by atomic mass is 32.2. The zero-order valence-corrected chi connectivity index (χ0v) is 17.4. The summed E-state index contributed by atoms with van der Waals surface area (Å²) >= 11 is 2.84. The highest BCUT2D eigenvalue weighted by Crippen LogP contribution is 2.30. The molecule has 27 heavy (non-hydrogen) atoms. The summed E-state index contributed by atoms with van der Waals surface area (Å²) in [5, 5.41) is 3.46.